The molecule has 2 heterocycles. The summed E-state index contributed by atoms with van der Waals surface area (Å²) in [6, 6.07) is 1.10. The summed E-state index contributed by atoms with van der Waals surface area (Å²) in [7, 11) is 2.16. The zero-order valence-corrected chi connectivity index (χ0v) is 12.1. The zero-order valence-electron chi connectivity index (χ0n) is 12.1. The third-order valence-corrected chi connectivity index (χ3v) is 5.73. The molecule has 1 saturated carbocycles. The molecule has 0 spiro atoms. The van der Waals surface area contributed by atoms with Gasteiger partial charge in [-0.05, 0) is 45.6 Å². The van der Waals surface area contributed by atoms with E-state index < -0.39 is 12.1 Å². The van der Waals surface area contributed by atoms with Crippen LogP contribution in [0.3, 0.4) is 0 Å². The molecular formula is C15H25F3N2. The molecule has 4 atom stereocenters. The monoisotopic (exact) mass is 290 g/mol. The van der Waals surface area contributed by atoms with Gasteiger partial charge in [0.2, 0.25) is 0 Å². The van der Waals surface area contributed by atoms with Crippen molar-refractivity contribution in [2.75, 3.05) is 7.05 Å². The maximum atomic E-state index is 13.1. The second kappa shape index (κ2) is 5.48. The Morgan fingerprint density at radius 3 is 2.15 bits per heavy atom. The minimum atomic E-state index is -4.04. The fourth-order valence-corrected chi connectivity index (χ4v) is 4.57. The normalized spacial score (nSPS) is 42.9. The summed E-state index contributed by atoms with van der Waals surface area (Å²) < 4.78 is 39.4. The van der Waals surface area contributed by atoms with E-state index in [0.717, 1.165) is 25.7 Å². The van der Waals surface area contributed by atoms with Crippen LogP contribution in [0.25, 0.3) is 0 Å². The smallest absolute Gasteiger partial charge is 0.310 e. The van der Waals surface area contributed by atoms with Crippen LogP contribution in [0.15, 0.2) is 0 Å². The van der Waals surface area contributed by atoms with E-state index in [9.17, 15) is 13.2 Å². The first kappa shape index (κ1) is 14.6. The molecule has 3 fully saturated rings. The number of piperidine rings is 1. The molecule has 0 radical (unpaired) electrons. The van der Waals surface area contributed by atoms with E-state index in [-0.39, 0.29) is 12.1 Å². The molecule has 3 aliphatic rings. The van der Waals surface area contributed by atoms with E-state index in [1.807, 2.05) is 0 Å². The van der Waals surface area contributed by atoms with Gasteiger partial charge in [0.1, 0.15) is 0 Å². The summed E-state index contributed by atoms with van der Waals surface area (Å²) in [5.74, 6) is -1.13. The van der Waals surface area contributed by atoms with Gasteiger partial charge in [-0.2, -0.15) is 13.2 Å². The molecule has 2 saturated heterocycles. The number of rotatable bonds is 2. The number of halogens is 3. The maximum Gasteiger partial charge on any atom is 0.393 e. The Balaban J connectivity index is 1.62. The Kier molecular flexibility index (Phi) is 4.01. The lowest BCUT2D eigenvalue weighted by atomic mass is 9.82. The average molecular weight is 290 g/mol. The van der Waals surface area contributed by atoms with Crippen LogP contribution in [0.2, 0.25) is 0 Å². The predicted molar refractivity (Wildman–Crippen MR) is 72.5 cm³/mol. The first-order chi connectivity index (χ1) is 9.45. The summed E-state index contributed by atoms with van der Waals surface area (Å²) in [5, 5.41) is 3.39. The van der Waals surface area contributed by atoms with Gasteiger partial charge in [-0.3, -0.25) is 0 Å². The summed E-state index contributed by atoms with van der Waals surface area (Å²) in [6.07, 6.45) is 3.08. The van der Waals surface area contributed by atoms with Crippen molar-refractivity contribution in [1.29, 1.82) is 0 Å². The van der Waals surface area contributed by atoms with Crippen molar-refractivity contribution in [1.82, 2.24) is 10.2 Å². The van der Waals surface area contributed by atoms with Crippen LogP contribution in [-0.4, -0.2) is 42.3 Å². The van der Waals surface area contributed by atoms with Crippen molar-refractivity contribution in [2.24, 2.45) is 5.92 Å². The molecule has 0 aromatic heterocycles. The third kappa shape index (κ3) is 2.84. The van der Waals surface area contributed by atoms with Gasteiger partial charge in [0.05, 0.1) is 5.92 Å². The number of hydrogen-bond acceptors (Lipinski definition) is 2. The van der Waals surface area contributed by atoms with E-state index in [1.54, 1.807) is 0 Å². The van der Waals surface area contributed by atoms with Gasteiger partial charge >= 0.3 is 6.18 Å². The molecule has 3 rings (SSSR count). The van der Waals surface area contributed by atoms with Crippen LogP contribution in [0.5, 0.6) is 0 Å². The molecule has 116 valence electrons. The fourth-order valence-electron chi connectivity index (χ4n) is 4.57. The minimum Gasteiger partial charge on any atom is -0.310 e. The lowest BCUT2D eigenvalue weighted by molar-refractivity contribution is -0.189. The van der Waals surface area contributed by atoms with Crippen LogP contribution >= 0.6 is 0 Å². The van der Waals surface area contributed by atoms with Crippen molar-refractivity contribution in [3.05, 3.63) is 0 Å². The zero-order chi connectivity index (χ0) is 14.3. The molecule has 0 amide bonds. The molecule has 20 heavy (non-hydrogen) atoms. The topological polar surface area (TPSA) is 15.3 Å². The van der Waals surface area contributed by atoms with Gasteiger partial charge < -0.3 is 10.2 Å². The number of nitrogens with one attached hydrogen (secondary N) is 1. The van der Waals surface area contributed by atoms with Crippen LogP contribution in [0, 0.1) is 5.92 Å². The number of alkyl halides is 3. The molecule has 0 aromatic rings. The highest BCUT2D eigenvalue weighted by molar-refractivity contribution is 4.98. The molecule has 2 aliphatic heterocycles. The highest BCUT2D eigenvalue weighted by Gasteiger charge is 2.47. The average Bonchev–Trinajstić information content (AvgIpc) is 2.62. The van der Waals surface area contributed by atoms with Crippen LogP contribution < -0.4 is 5.32 Å². The van der Waals surface area contributed by atoms with Crippen molar-refractivity contribution in [3.8, 4) is 0 Å². The standard InChI is InChI=1S/C15H25F3N2/c1-20-11-6-7-12(20)9-10(8-11)19-14-5-3-2-4-13(14)15(16,17)18/h10-14,19H,2-9H2,1H3. The largest absolute Gasteiger partial charge is 0.393 e. The summed E-state index contributed by atoms with van der Waals surface area (Å²) in [5.41, 5.74) is 0. The summed E-state index contributed by atoms with van der Waals surface area (Å²) in [4.78, 5) is 2.43. The lowest BCUT2D eigenvalue weighted by Crippen LogP contribution is -2.54. The van der Waals surface area contributed by atoms with Crippen molar-refractivity contribution >= 4 is 0 Å². The Hall–Kier alpha value is -0.290. The molecule has 4 unspecified atom stereocenters. The number of nitrogens with zero attached hydrogens (tertiary/aromatic N) is 1. The number of fused-ring (bicyclic) bond motifs is 2. The van der Waals surface area contributed by atoms with Crippen LogP contribution in [0.1, 0.15) is 51.4 Å². The molecule has 1 aliphatic carbocycles. The van der Waals surface area contributed by atoms with Gasteiger partial charge in [0.15, 0.2) is 0 Å². The molecule has 0 aromatic carbocycles. The van der Waals surface area contributed by atoms with Crippen molar-refractivity contribution in [2.45, 2.75) is 81.7 Å². The molecular weight excluding hydrogens is 265 g/mol. The van der Waals surface area contributed by atoms with Gasteiger partial charge in [-0.15, -0.1) is 0 Å². The Morgan fingerprint density at radius 2 is 1.55 bits per heavy atom. The maximum absolute atomic E-state index is 13.1. The van der Waals surface area contributed by atoms with Gasteiger partial charge in [0, 0.05) is 24.2 Å². The summed E-state index contributed by atoms with van der Waals surface area (Å²) in [6.45, 7) is 0. The number of hydrogen-bond donors (Lipinski definition) is 1. The van der Waals surface area contributed by atoms with Crippen molar-refractivity contribution < 1.29 is 13.2 Å². The Bertz CT molecular complexity index is 331. The first-order valence-corrected chi connectivity index (χ1v) is 8.00. The van der Waals surface area contributed by atoms with E-state index in [1.165, 1.54) is 12.8 Å². The third-order valence-electron chi connectivity index (χ3n) is 5.73. The molecule has 2 bridgehead atoms. The molecule has 1 N–H and O–H groups in total. The second-order valence-corrected chi connectivity index (χ2v) is 6.92. The van der Waals surface area contributed by atoms with Crippen LogP contribution in [-0.2, 0) is 0 Å². The van der Waals surface area contributed by atoms with E-state index in [4.69, 9.17) is 0 Å². The van der Waals surface area contributed by atoms with E-state index in [2.05, 4.69) is 17.3 Å². The second-order valence-electron chi connectivity index (χ2n) is 6.92. The Labute approximate surface area is 119 Å². The van der Waals surface area contributed by atoms with E-state index in [0.29, 0.717) is 24.9 Å². The lowest BCUT2D eigenvalue weighted by Gasteiger charge is -2.41. The molecule has 2 nitrogen and oxygen atoms in total. The molecule has 5 heteroatoms. The highest BCUT2D eigenvalue weighted by Crippen LogP contribution is 2.39. The van der Waals surface area contributed by atoms with Gasteiger partial charge in [0.25, 0.3) is 0 Å². The minimum absolute atomic E-state index is 0.289. The Morgan fingerprint density at radius 1 is 0.950 bits per heavy atom. The van der Waals surface area contributed by atoms with E-state index >= 15 is 0 Å². The summed E-state index contributed by atoms with van der Waals surface area (Å²) >= 11 is 0. The van der Waals surface area contributed by atoms with Gasteiger partial charge in [-0.1, -0.05) is 12.8 Å². The SMILES string of the molecule is CN1C2CCC1CC(NC1CCCCC1C(F)(F)F)C2. The van der Waals surface area contributed by atoms with Crippen LogP contribution in [0.4, 0.5) is 13.2 Å². The van der Waals surface area contributed by atoms with Crippen molar-refractivity contribution in [3.63, 3.8) is 0 Å². The van der Waals surface area contributed by atoms with Gasteiger partial charge in [-0.25, -0.2) is 0 Å². The fraction of sp³-hybridized carbons (Fsp3) is 1.00. The first-order valence-electron chi connectivity index (χ1n) is 8.00. The quantitative estimate of drug-likeness (QED) is 0.839. The predicted octanol–water partition coefficient (Wildman–Crippen LogP) is 3.32. The highest BCUT2D eigenvalue weighted by atomic mass is 19.4.